The summed E-state index contributed by atoms with van der Waals surface area (Å²) in [5.74, 6) is 0.0846. The van der Waals surface area contributed by atoms with Gasteiger partial charge in [-0.05, 0) is 6.42 Å². The quantitative estimate of drug-likeness (QED) is 0.601. The summed E-state index contributed by atoms with van der Waals surface area (Å²) in [4.78, 5) is 10.8. The molecule has 2 N–H and O–H groups in total. The second-order valence-electron chi connectivity index (χ2n) is 2.94. The molecule has 1 amide bonds. The molecule has 0 bridgehead atoms. The Morgan fingerprint density at radius 1 is 1.67 bits per heavy atom. The van der Waals surface area contributed by atoms with E-state index in [4.69, 9.17) is 4.74 Å². The van der Waals surface area contributed by atoms with Crippen LogP contribution in [0.5, 0.6) is 0 Å². The van der Waals surface area contributed by atoms with Crippen molar-refractivity contribution >= 4 is 5.91 Å². The zero-order chi connectivity index (χ0) is 8.81. The number of amides is 1. The van der Waals surface area contributed by atoms with Gasteiger partial charge >= 0.3 is 0 Å². The van der Waals surface area contributed by atoms with Gasteiger partial charge in [0.2, 0.25) is 5.91 Å². The Balaban J connectivity index is 1.97. The maximum atomic E-state index is 10.8. The normalized spacial score (nSPS) is 22.6. The van der Waals surface area contributed by atoms with Crippen molar-refractivity contribution in [2.75, 3.05) is 26.8 Å². The van der Waals surface area contributed by atoms with Gasteiger partial charge in [0.1, 0.15) is 0 Å². The fraction of sp³-hybridized carbons (Fsp3) is 0.875. The molecule has 1 rings (SSSR count). The SMILES string of the molecule is CNC(=O)CCNC1CCOC1. The van der Waals surface area contributed by atoms with Crippen LogP contribution < -0.4 is 10.6 Å². The molecule has 0 saturated carbocycles. The molecule has 0 aromatic carbocycles. The Morgan fingerprint density at radius 3 is 3.08 bits per heavy atom. The summed E-state index contributed by atoms with van der Waals surface area (Å²) in [5, 5.41) is 5.84. The van der Waals surface area contributed by atoms with Crippen molar-refractivity contribution in [3.63, 3.8) is 0 Å². The molecule has 0 aliphatic carbocycles. The lowest BCUT2D eigenvalue weighted by molar-refractivity contribution is -0.120. The fourth-order valence-corrected chi connectivity index (χ4v) is 1.21. The number of ether oxygens (including phenoxy) is 1. The van der Waals surface area contributed by atoms with Gasteiger partial charge in [0.15, 0.2) is 0 Å². The van der Waals surface area contributed by atoms with Gasteiger partial charge in [-0.25, -0.2) is 0 Å². The Morgan fingerprint density at radius 2 is 2.50 bits per heavy atom. The topological polar surface area (TPSA) is 50.4 Å². The van der Waals surface area contributed by atoms with Crippen LogP contribution in [0.25, 0.3) is 0 Å². The third-order valence-electron chi connectivity index (χ3n) is 1.99. The second kappa shape index (κ2) is 5.11. The van der Waals surface area contributed by atoms with Crippen LogP contribution in [0, 0.1) is 0 Å². The van der Waals surface area contributed by atoms with E-state index in [0.29, 0.717) is 12.5 Å². The van der Waals surface area contributed by atoms with Crippen molar-refractivity contribution in [3.8, 4) is 0 Å². The molecule has 12 heavy (non-hydrogen) atoms. The first-order chi connectivity index (χ1) is 5.83. The summed E-state index contributed by atoms with van der Waals surface area (Å²) < 4.78 is 5.18. The van der Waals surface area contributed by atoms with Gasteiger partial charge in [0.25, 0.3) is 0 Å². The Labute approximate surface area is 72.7 Å². The van der Waals surface area contributed by atoms with Crippen molar-refractivity contribution in [2.45, 2.75) is 18.9 Å². The Hall–Kier alpha value is -0.610. The maximum absolute atomic E-state index is 10.8. The number of rotatable bonds is 4. The number of carbonyl (C=O) groups is 1. The lowest BCUT2D eigenvalue weighted by atomic mass is 10.2. The largest absolute Gasteiger partial charge is 0.380 e. The van der Waals surface area contributed by atoms with Crippen molar-refractivity contribution in [3.05, 3.63) is 0 Å². The highest BCUT2D eigenvalue weighted by molar-refractivity contribution is 5.75. The van der Waals surface area contributed by atoms with E-state index in [1.807, 2.05) is 0 Å². The molecule has 1 aliphatic heterocycles. The van der Waals surface area contributed by atoms with E-state index in [0.717, 1.165) is 26.2 Å². The molecule has 0 spiro atoms. The molecule has 1 aliphatic rings. The zero-order valence-electron chi connectivity index (χ0n) is 7.43. The number of nitrogens with one attached hydrogen (secondary N) is 2. The van der Waals surface area contributed by atoms with Crippen LogP contribution >= 0.6 is 0 Å². The summed E-state index contributed by atoms with van der Waals surface area (Å²) >= 11 is 0. The summed E-state index contributed by atoms with van der Waals surface area (Å²) in [6.45, 7) is 2.37. The van der Waals surface area contributed by atoms with Crippen LogP contribution in [0.1, 0.15) is 12.8 Å². The van der Waals surface area contributed by atoms with E-state index in [9.17, 15) is 4.79 Å². The van der Waals surface area contributed by atoms with Crippen LogP contribution in [0.2, 0.25) is 0 Å². The third-order valence-corrected chi connectivity index (χ3v) is 1.99. The number of carbonyl (C=O) groups excluding carboxylic acids is 1. The number of hydrogen-bond acceptors (Lipinski definition) is 3. The Bertz CT molecular complexity index is 144. The van der Waals surface area contributed by atoms with E-state index in [2.05, 4.69) is 10.6 Å². The lowest BCUT2D eigenvalue weighted by Crippen LogP contribution is -2.32. The van der Waals surface area contributed by atoms with Crippen molar-refractivity contribution in [2.24, 2.45) is 0 Å². The second-order valence-corrected chi connectivity index (χ2v) is 2.94. The van der Waals surface area contributed by atoms with Crippen molar-refractivity contribution in [1.82, 2.24) is 10.6 Å². The van der Waals surface area contributed by atoms with Crippen LogP contribution in [-0.2, 0) is 9.53 Å². The molecule has 4 heteroatoms. The molecular formula is C8H16N2O2. The number of hydrogen-bond donors (Lipinski definition) is 2. The Kier molecular flexibility index (Phi) is 4.04. The molecule has 0 radical (unpaired) electrons. The summed E-state index contributed by atoms with van der Waals surface area (Å²) in [6, 6.07) is 0.453. The minimum atomic E-state index is 0.0846. The molecule has 1 saturated heterocycles. The molecule has 0 aromatic heterocycles. The van der Waals surface area contributed by atoms with Crippen LogP contribution in [0.4, 0.5) is 0 Å². The monoisotopic (exact) mass is 172 g/mol. The van der Waals surface area contributed by atoms with Gasteiger partial charge in [-0.15, -0.1) is 0 Å². The highest BCUT2D eigenvalue weighted by Gasteiger charge is 2.14. The summed E-state index contributed by atoms with van der Waals surface area (Å²) in [5.41, 5.74) is 0. The van der Waals surface area contributed by atoms with Crippen molar-refractivity contribution in [1.29, 1.82) is 0 Å². The smallest absolute Gasteiger partial charge is 0.221 e. The minimum absolute atomic E-state index is 0.0846. The predicted molar refractivity (Wildman–Crippen MR) is 45.9 cm³/mol. The summed E-state index contributed by atoms with van der Waals surface area (Å²) in [7, 11) is 1.65. The molecule has 0 aromatic rings. The van der Waals surface area contributed by atoms with Gasteiger partial charge in [-0.3, -0.25) is 4.79 Å². The molecule has 4 nitrogen and oxygen atoms in total. The van der Waals surface area contributed by atoms with E-state index in [-0.39, 0.29) is 5.91 Å². The average Bonchev–Trinajstić information content (AvgIpc) is 2.57. The predicted octanol–water partition coefficient (Wildman–Crippen LogP) is -0.499. The zero-order valence-corrected chi connectivity index (χ0v) is 7.43. The molecule has 70 valence electrons. The van der Waals surface area contributed by atoms with Crippen LogP contribution in [-0.4, -0.2) is 38.8 Å². The van der Waals surface area contributed by atoms with Gasteiger partial charge in [0.05, 0.1) is 6.61 Å². The molecule has 1 fully saturated rings. The van der Waals surface area contributed by atoms with E-state index < -0.39 is 0 Å². The van der Waals surface area contributed by atoms with Gasteiger partial charge in [0, 0.05) is 32.7 Å². The van der Waals surface area contributed by atoms with E-state index >= 15 is 0 Å². The fourth-order valence-electron chi connectivity index (χ4n) is 1.21. The average molecular weight is 172 g/mol. The van der Waals surface area contributed by atoms with Gasteiger partial charge < -0.3 is 15.4 Å². The van der Waals surface area contributed by atoms with E-state index in [1.54, 1.807) is 7.05 Å². The first-order valence-corrected chi connectivity index (χ1v) is 4.34. The van der Waals surface area contributed by atoms with Gasteiger partial charge in [-0.2, -0.15) is 0 Å². The lowest BCUT2D eigenvalue weighted by Gasteiger charge is -2.08. The van der Waals surface area contributed by atoms with Crippen LogP contribution in [0.3, 0.4) is 0 Å². The third kappa shape index (κ3) is 3.19. The highest BCUT2D eigenvalue weighted by atomic mass is 16.5. The first-order valence-electron chi connectivity index (χ1n) is 4.34. The molecule has 1 heterocycles. The van der Waals surface area contributed by atoms with Crippen molar-refractivity contribution < 1.29 is 9.53 Å². The molecule has 1 atom stereocenters. The first kappa shape index (κ1) is 9.48. The molecule has 1 unspecified atom stereocenters. The van der Waals surface area contributed by atoms with E-state index in [1.165, 1.54) is 0 Å². The highest BCUT2D eigenvalue weighted by Crippen LogP contribution is 2.02. The summed E-state index contributed by atoms with van der Waals surface area (Å²) in [6.07, 6.45) is 1.61. The standard InChI is InChI=1S/C8H16N2O2/c1-9-8(11)2-4-10-7-3-5-12-6-7/h7,10H,2-6H2,1H3,(H,9,11). The maximum Gasteiger partial charge on any atom is 0.221 e. The van der Waals surface area contributed by atoms with Crippen LogP contribution in [0.15, 0.2) is 0 Å². The molecular weight excluding hydrogens is 156 g/mol. The van der Waals surface area contributed by atoms with Gasteiger partial charge in [-0.1, -0.05) is 0 Å². The minimum Gasteiger partial charge on any atom is -0.380 e.